The summed E-state index contributed by atoms with van der Waals surface area (Å²) >= 11 is 0. The molecule has 0 spiro atoms. The first-order valence-corrected chi connectivity index (χ1v) is 6.77. The molecule has 0 aliphatic heterocycles. The third kappa shape index (κ3) is 4.25. The number of hydroxylamine groups is 1. The predicted octanol–water partition coefficient (Wildman–Crippen LogP) is 2.02. The predicted molar refractivity (Wildman–Crippen MR) is 78.2 cm³/mol. The molecule has 0 atom stereocenters. The number of rotatable bonds is 4. The van der Waals surface area contributed by atoms with E-state index in [1.54, 1.807) is 18.3 Å². The Morgan fingerprint density at radius 2 is 1.95 bits per heavy atom. The van der Waals surface area contributed by atoms with Gasteiger partial charge in [-0.15, -0.1) is 0 Å². The maximum atomic E-state index is 11.9. The molecule has 21 heavy (non-hydrogen) atoms. The molecule has 6 nitrogen and oxygen atoms in total. The Balaban J connectivity index is 1.98. The topological polar surface area (TPSA) is 90.8 Å². The van der Waals surface area contributed by atoms with Gasteiger partial charge in [0.15, 0.2) is 0 Å². The van der Waals surface area contributed by atoms with Gasteiger partial charge in [0.25, 0.3) is 11.8 Å². The fourth-order valence-electron chi connectivity index (χ4n) is 2.08. The van der Waals surface area contributed by atoms with Gasteiger partial charge in [-0.25, -0.2) is 10.9 Å². The second-order valence-corrected chi connectivity index (χ2v) is 4.75. The Morgan fingerprint density at radius 3 is 2.62 bits per heavy atom. The van der Waals surface area contributed by atoms with Crippen molar-refractivity contribution in [3.05, 3.63) is 47.0 Å². The van der Waals surface area contributed by atoms with Crippen LogP contribution in [0.5, 0.6) is 0 Å². The summed E-state index contributed by atoms with van der Waals surface area (Å²) in [5.74, 6) is -1.07. The summed E-state index contributed by atoms with van der Waals surface area (Å²) in [6, 6.07) is 6.01. The maximum absolute atomic E-state index is 11.9. The number of benzene rings is 1. The van der Waals surface area contributed by atoms with Crippen molar-refractivity contribution in [3.8, 4) is 0 Å². The van der Waals surface area contributed by atoms with Crippen molar-refractivity contribution in [2.75, 3.05) is 0 Å². The van der Waals surface area contributed by atoms with Crippen molar-refractivity contribution >= 4 is 18.0 Å². The summed E-state index contributed by atoms with van der Waals surface area (Å²) in [5, 5.41) is 12.5. The molecule has 2 rings (SSSR count). The monoisotopic (exact) mass is 287 g/mol. The van der Waals surface area contributed by atoms with E-state index in [2.05, 4.69) is 16.6 Å². The smallest absolute Gasteiger partial charge is 0.274 e. The van der Waals surface area contributed by atoms with Crippen LogP contribution in [0.2, 0.25) is 0 Å². The molecule has 0 unspecified atom stereocenters. The molecule has 0 bridgehead atoms. The summed E-state index contributed by atoms with van der Waals surface area (Å²) < 4.78 is 0. The van der Waals surface area contributed by atoms with Crippen molar-refractivity contribution < 1.29 is 14.8 Å². The lowest BCUT2D eigenvalue weighted by Crippen LogP contribution is -2.21. The van der Waals surface area contributed by atoms with E-state index in [9.17, 15) is 9.59 Å². The van der Waals surface area contributed by atoms with Crippen LogP contribution in [0.15, 0.2) is 41.0 Å². The number of amides is 2. The van der Waals surface area contributed by atoms with E-state index < -0.39 is 11.8 Å². The summed E-state index contributed by atoms with van der Waals surface area (Å²) in [6.07, 6.45) is 8.14. The number of carbonyl (C=O) groups is 2. The van der Waals surface area contributed by atoms with E-state index in [1.165, 1.54) is 24.0 Å². The van der Waals surface area contributed by atoms with Crippen LogP contribution in [-0.2, 0) is 0 Å². The van der Waals surface area contributed by atoms with Crippen molar-refractivity contribution in [3.63, 3.8) is 0 Å². The van der Waals surface area contributed by atoms with Gasteiger partial charge in [-0.1, -0.05) is 12.1 Å². The van der Waals surface area contributed by atoms with E-state index in [4.69, 9.17) is 5.21 Å². The number of hydrogen-bond donors (Lipinski definition) is 3. The van der Waals surface area contributed by atoms with Crippen molar-refractivity contribution in [2.24, 2.45) is 5.10 Å². The highest BCUT2D eigenvalue weighted by Gasteiger charge is 2.09. The molecule has 0 aromatic heterocycles. The third-order valence-electron chi connectivity index (χ3n) is 3.21. The van der Waals surface area contributed by atoms with Crippen LogP contribution >= 0.6 is 0 Å². The van der Waals surface area contributed by atoms with E-state index in [1.807, 2.05) is 0 Å². The van der Waals surface area contributed by atoms with Gasteiger partial charge in [0.1, 0.15) is 0 Å². The highest BCUT2D eigenvalue weighted by atomic mass is 16.5. The minimum Gasteiger partial charge on any atom is -0.288 e. The molecule has 6 heteroatoms. The number of allylic oxidation sites excluding steroid dienone is 2. The molecule has 3 N–H and O–H groups in total. The first-order chi connectivity index (χ1) is 10.2. The number of hydrogen-bond acceptors (Lipinski definition) is 4. The van der Waals surface area contributed by atoms with E-state index >= 15 is 0 Å². The Morgan fingerprint density at radius 1 is 1.19 bits per heavy atom. The molecule has 0 radical (unpaired) electrons. The van der Waals surface area contributed by atoms with Gasteiger partial charge in [0.05, 0.1) is 6.21 Å². The SMILES string of the molecule is O=C(NO)c1cccc(C(=O)N/N=C/C2=CCCCC2)c1. The van der Waals surface area contributed by atoms with Crippen LogP contribution in [0.3, 0.4) is 0 Å². The largest absolute Gasteiger partial charge is 0.288 e. The summed E-state index contributed by atoms with van der Waals surface area (Å²) in [4.78, 5) is 23.2. The lowest BCUT2D eigenvalue weighted by molar-refractivity contribution is 0.0706. The third-order valence-corrected chi connectivity index (χ3v) is 3.21. The van der Waals surface area contributed by atoms with Gasteiger partial charge < -0.3 is 0 Å². The molecule has 0 saturated carbocycles. The molecule has 110 valence electrons. The van der Waals surface area contributed by atoms with Crippen LogP contribution in [-0.4, -0.2) is 23.2 Å². The van der Waals surface area contributed by atoms with E-state index in [0.717, 1.165) is 24.8 Å². The minimum absolute atomic E-state index is 0.198. The summed E-state index contributed by atoms with van der Waals surface area (Å²) in [6.45, 7) is 0. The molecular weight excluding hydrogens is 270 g/mol. The molecule has 0 fully saturated rings. The molecular formula is C15H17N3O3. The average molecular weight is 287 g/mol. The molecule has 0 heterocycles. The summed E-state index contributed by atoms with van der Waals surface area (Å²) in [5.41, 5.74) is 5.57. The second-order valence-electron chi connectivity index (χ2n) is 4.75. The average Bonchev–Trinajstić information content (AvgIpc) is 2.55. The van der Waals surface area contributed by atoms with Gasteiger partial charge >= 0.3 is 0 Å². The fourth-order valence-corrected chi connectivity index (χ4v) is 2.08. The van der Waals surface area contributed by atoms with Gasteiger partial charge in [0.2, 0.25) is 0 Å². The van der Waals surface area contributed by atoms with Gasteiger partial charge in [0, 0.05) is 11.1 Å². The fraction of sp³-hybridized carbons (Fsp3) is 0.267. The van der Waals surface area contributed by atoms with Gasteiger partial charge in [-0.2, -0.15) is 5.10 Å². The highest BCUT2D eigenvalue weighted by Crippen LogP contribution is 2.15. The number of hydrazone groups is 1. The van der Waals surface area contributed by atoms with Crippen LogP contribution in [0.4, 0.5) is 0 Å². The maximum Gasteiger partial charge on any atom is 0.274 e. The lowest BCUT2D eigenvalue weighted by atomic mass is 10.0. The Labute approximate surface area is 122 Å². The molecule has 2 amide bonds. The lowest BCUT2D eigenvalue weighted by Gasteiger charge is -2.07. The molecule has 1 aliphatic carbocycles. The number of nitrogens with zero attached hydrogens (tertiary/aromatic N) is 1. The molecule has 1 aliphatic rings. The number of carbonyl (C=O) groups excluding carboxylic acids is 2. The van der Waals surface area contributed by atoms with Crippen LogP contribution in [0.1, 0.15) is 46.4 Å². The van der Waals surface area contributed by atoms with Crippen LogP contribution in [0, 0.1) is 0 Å². The molecule has 1 aromatic rings. The zero-order chi connectivity index (χ0) is 15.1. The number of nitrogens with one attached hydrogen (secondary N) is 2. The van der Waals surface area contributed by atoms with Crippen LogP contribution in [0.25, 0.3) is 0 Å². The normalized spacial score (nSPS) is 14.6. The first-order valence-electron chi connectivity index (χ1n) is 6.77. The summed E-state index contributed by atoms with van der Waals surface area (Å²) in [7, 11) is 0. The highest BCUT2D eigenvalue weighted by molar-refractivity contribution is 5.99. The second kappa shape index (κ2) is 7.35. The zero-order valence-electron chi connectivity index (χ0n) is 11.5. The van der Waals surface area contributed by atoms with Gasteiger partial charge in [-0.3, -0.25) is 14.8 Å². The Kier molecular flexibility index (Phi) is 5.22. The molecule has 0 saturated heterocycles. The quantitative estimate of drug-likeness (QED) is 0.449. The van der Waals surface area contributed by atoms with Gasteiger partial charge in [-0.05, 0) is 49.5 Å². The standard InChI is InChI=1S/C15H17N3O3/c19-14(17-16-10-11-5-2-1-3-6-11)12-7-4-8-13(9-12)15(20)18-21/h4-5,7-10,21H,1-3,6H2,(H,17,19)(H,18,20)/b16-10+. The first kappa shape index (κ1) is 14.9. The Hall–Kier alpha value is -2.47. The van der Waals surface area contributed by atoms with Crippen molar-refractivity contribution in [1.82, 2.24) is 10.9 Å². The van der Waals surface area contributed by atoms with Crippen molar-refractivity contribution in [1.29, 1.82) is 0 Å². The van der Waals surface area contributed by atoms with E-state index in [0.29, 0.717) is 5.56 Å². The molecule has 1 aromatic carbocycles. The Bertz CT molecular complexity index is 594. The van der Waals surface area contributed by atoms with Crippen molar-refractivity contribution in [2.45, 2.75) is 25.7 Å². The van der Waals surface area contributed by atoms with Crippen LogP contribution < -0.4 is 10.9 Å². The zero-order valence-corrected chi connectivity index (χ0v) is 11.5. The minimum atomic E-state index is -0.666. The van der Waals surface area contributed by atoms with E-state index in [-0.39, 0.29) is 5.56 Å².